The first-order valence-electron chi connectivity index (χ1n) is 19.8. The zero-order chi connectivity index (χ0) is 40.8. The summed E-state index contributed by atoms with van der Waals surface area (Å²) in [5, 5.41) is 1.43. The molecule has 3 heterocycles. The molecule has 13 nitrogen and oxygen atoms in total. The van der Waals surface area contributed by atoms with Gasteiger partial charge < -0.3 is 23.8 Å². The minimum atomic E-state index is -3.96. The van der Waals surface area contributed by atoms with Crippen molar-refractivity contribution in [2.24, 2.45) is 29.1 Å². The van der Waals surface area contributed by atoms with Crippen LogP contribution in [-0.2, 0) is 33.9 Å². The number of benzene rings is 1. The van der Waals surface area contributed by atoms with E-state index in [2.05, 4.69) is 16.6 Å². The fraction of sp³-hybridized carbons (Fsp3) is 0.643. The van der Waals surface area contributed by atoms with E-state index >= 15 is 0 Å². The van der Waals surface area contributed by atoms with Crippen molar-refractivity contribution in [3.05, 3.63) is 36.4 Å². The molecule has 2 aliphatic heterocycles. The Morgan fingerprint density at radius 1 is 1.05 bits per heavy atom. The standard InChI is InChI=1S/C42H57N3O10S/c1-25-11-9-10-12-28-22-42(28,39(49)44-56(50,51)41(6)15-16-41)23-34(46)33-20-30(54-37-31-14-13-29(52-7)18-27(31)19-35(43-37)53-8)24-45(33)38(48)32(26(2)17-25)21-36(47)55-40(3,4)5/h10,12-14,18-19,25-26,28,30,32-33H,9,11,15-17,20-24H2,1-8H3,(H,44,49)/b12-10-/t25-,26+,28+,30+,32-,33-,42+/m0/s1. The molecular weight excluding hydrogens is 739 g/mol. The topological polar surface area (TPSA) is 167 Å². The van der Waals surface area contributed by atoms with Crippen LogP contribution in [0.5, 0.6) is 17.5 Å². The molecule has 0 radical (unpaired) electrons. The summed E-state index contributed by atoms with van der Waals surface area (Å²) in [6.07, 6.45) is 6.34. The number of Topliss-reactive ketones (excluding diaryl/α,β-unsaturated/α-hetero) is 1. The summed E-state index contributed by atoms with van der Waals surface area (Å²) in [6, 6.07) is 6.19. The molecule has 0 spiro atoms. The number of aromatic nitrogens is 1. The fourth-order valence-electron chi connectivity index (χ4n) is 8.31. The van der Waals surface area contributed by atoms with E-state index < -0.39 is 55.7 Å². The summed E-state index contributed by atoms with van der Waals surface area (Å²) in [5.74, 6) is -1.90. The molecule has 1 saturated heterocycles. The largest absolute Gasteiger partial charge is 0.497 e. The van der Waals surface area contributed by atoms with Crippen LogP contribution in [0.3, 0.4) is 0 Å². The zero-order valence-corrected chi connectivity index (χ0v) is 34.7. The number of esters is 1. The molecule has 0 unspecified atom stereocenters. The molecule has 0 bridgehead atoms. The lowest BCUT2D eigenvalue weighted by Crippen LogP contribution is -2.48. The quantitative estimate of drug-likeness (QED) is 0.236. The monoisotopic (exact) mass is 795 g/mol. The molecule has 2 aliphatic carbocycles. The number of hydrogen-bond acceptors (Lipinski definition) is 11. The van der Waals surface area contributed by atoms with Gasteiger partial charge in [0, 0.05) is 24.3 Å². The summed E-state index contributed by atoms with van der Waals surface area (Å²) >= 11 is 0. The van der Waals surface area contributed by atoms with Crippen molar-refractivity contribution in [2.75, 3.05) is 20.8 Å². The molecule has 14 heteroatoms. The van der Waals surface area contributed by atoms with E-state index in [9.17, 15) is 27.6 Å². The number of carbonyl (C=O) groups is 4. The maximum absolute atomic E-state index is 14.9. The van der Waals surface area contributed by atoms with Gasteiger partial charge >= 0.3 is 5.97 Å². The van der Waals surface area contributed by atoms with Gasteiger partial charge in [-0.05, 0) is 108 Å². The van der Waals surface area contributed by atoms with Crippen molar-refractivity contribution >= 4 is 44.4 Å². The third kappa shape index (κ3) is 8.84. The number of amides is 2. The van der Waals surface area contributed by atoms with E-state index in [4.69, 9.17) is 18.9 Å². The normalized spacial score (nSPS) is 29.9. The molecule has 4 aliphatic rings. The molecule has 1 aromatic heterocycles. The van der Waals surface area contributed by atoms with Crippen LogP contribution in [0.2, 0.25) is 0 Å². The summed E-state index contributed by atoms with van der Waals surface area (Å²) in [6.45, 7) is 11.0. The average Bonchev–Trinajstić information content (AvgIpc) is 4.00. The number of fused-ring (bicyclic) bond motifs is 3. The molecular formula is C42H57N3O10S. The molecule has 1 N–H and O–H groups in total. The Labute approximate surface area is 330 Å². The van der Waals surface area contributed by atoms with Crippen LogP contribution in [0.15, 0.2) is 36.4 Å². The van der Waals surface area contributed by atoms with E-state index in [0.29, 0.717) is 49.1 Å². The van der Waals surface area contributed by atoms with Gasteiger partial charge in [-0.3, -0.25) is 23.9 Å². The van der Waals surface area contributed by atoms with E-state index in [0.717, 1.165) is 11.8 Å². The van der Waals surface area contributed by atoms with Gasteiger partial charge in [0.2, 0.25) is 33.6 Å². The highest BCUT2D eigenvalue weighted by Gasteiger charge is 2.62. The van der Waals surface area contributed by atoms with Crippen molar-refractivity contribution in [3.63, 3.8) is 0 Å². The van der Waals surface area contributed by atoms with Crippen molar-refractivity contribution in [1.82, 2.24) is 14.6 Å². The molecule has 7 atom stereocenters. The maximum atomic E-state index is 14.9. The maximum Gasteiger partial charge on any atom is 0.307 e. The first kappa shape index (κ1) is 41.4. The number of sulfonamides is 1. The minimum absolute atomic E-state index is 0.0220. The number of ketones is 1. The second kappa shape index (κ2) is 15.6. The van der Waals surface area contributed by atoms with Gasteiger partial charge in [0.25, 0.3) is 0 Å². The second-order valence-electron chi connectivity index (χ2n) is 17.8. The minimum Gasteiger partial charge on any atom is -0.497 e. The summed E-state index contributed by atoms with van der Waals surface area (Å²) in [7, 11) is -0.893. The van der Waals surface area contributed by atoms with Crippen molar-refractivity contribution in [1.29, 1.82) is 0 Å². The highest BCUT2D eigenvalue weighted by atomic mass is 32.2. The van der Waals surface area contributed by atoms with Crippen LogP contribution < -0.4 is 18.9 Å². The Bertz CT molecular complexity index is 2000. The highest BCUT2D eigenvalue weighted by Crippen LogP contribution is 2.58. The Kier molecular flexibility index (Phi) is 11.6. The molecule has 2 aromatic rings. The second-order valence-corrected chi connectivity index (χ2v) is 20.0. The first-order chi connectivity index (χ1) is 26.3. The average molecular weight is 796 g/mol. The van der Waals surface area contributed by atoms with Crippen LogP contribution >= 0.6 is 0 Å². The Balaban J connectivity index is 1.37. The Morgan fingerprint density at radius 3 is 2.45 bits per heavy atom. The molecule has 56 heavy (non-hydrogen) atoms. The number of carbonyl (C=O) groups excluding carboxylic acids is 4. The molecule has 306 valence electrons. The molecule has 3 fully saturated rings. The zero-order valence-electron chi connectivity index (χ0n) is 33.9. The number of nitrogens with one attached hydrogen (secondary N) is 1. The van der Waals surface area contributed by atoms with E-state index in [1.165, 1.54) is 12.0 Å². The Hall–Kier alpha value is -4.20. The third-order valence-electron chi connectivity index (χ3n) is 12.1. The number of methoxy groups -OCH3 is 2. The van der Waals surface area contributed by atoms with Crippen LogP contribution in [-0.4, -0.2) is 85.1 Å². The molecule has 6 rings (SSSR count). The Morgan fingerprint density at radius 2 is 1.79 bits per heavy atom. The smallest absolute Gasteiger partial charge is 0.307 e. The van der Waals surface area contributed by atoms with Gasteiger partial charge in [0.05, 0.1) is 49.3 Å². The van der Waals surface area contributed by atoms with Gasteiger partial charge in [0.15, 0.2) is 5.78 Å². The SMILES string of the molecule is COc1ccc2c(O[C@@H]3C[C@H]4C(=O)C[C@]5(C(=O)NS(=O)(=O)C6(C)CC6)C[C@H]5/C=C\CC[C@H](C)C[C@@H](C)[C@H](CC(=O)OC(C)(C)C)C(=O)N4C3)nc(OC)cc2c1. The lowest BCUT2D eigenvalue weighted by molar-refractivity contribution is -0.160. The highest BCUT2D eigenvalue weighted by molar-refractivity contribution is 7.91. The van der Waals surface area contributed by atoms with E-state index in [1.807, 2.05) is 31.2 Å². The predicted molar refractivity (Wildman–Crippen MR) is 210 cm³/mol. The van der Waals surface area contributed by atoms with Gasteiger partial charge in [-0.15, -0.1) is 0 Å². The summed E-state index contributed by atoms with van der Waals surface area (Å²) in [4.78, 5) is 63.0. The number of hydrogen-bond donors (Lipinski definition) is 1. The van der Waals surface area contributed by atoms with Crippen molar-refractivity contribution in [2.45, 2.75) is 122 Å². The number of pyridine rings is 1. The number of nitrogens with zero attached hydrogens (tertiary/aromatic N) is 2. The molecule has 1 aromatic carbocycles. The van der Waals surface area contributed by atoms with E-state index in [-0.39, 0.29) is 61.1 Å². The number of ether oxygens (including phenoxy) is 4. The number of allylic oxidation sites excluding steroid dienone is 2. The van der Waals surface area contributed by atoms with Crippen LogP contribution in [0.1, 0.15) is 99.3 Å². The summed E-state index contributed by atoms with van der Waals surface area (Å²) in [5.41, 5.74) is -2.04. The van der Waals surface area contributed by atoms with Crippen LogP contribution in [0.25, 0.3) is 10.8 Å². The van der Waals surface area contributed by atoms with Crippen LogP contribution in [0.4, 0.5) is 0 Å². The lowest BCUT2D eigenvalue weighted by atomic mass is 9.82. The van der Waals surface area contributed by atoms with Crippen molar-refractivity contribution in [3.8, 4) is 17.5 Å². The first-order valence-corrected chi connectivity index (χ1v) is 21.2. The van der Waals surface area contributed by atoms with E-state index in [1.54, 1.807) is 46.9 Å². The van der Waals surface area contributed by atoms with Crippen LogP contribution in [0, 0.1) is 29.1 Å². The summed E-state index contributed by atoms with van der Waals surface area (Å²) < 4.78 is 51.0. The van der Waals surface area contributed by atoms with Gasteiger partial charge in [-0.1, -0.05) is 26.0 Å². The third-order valence-corrected chi connectivity index (χ3v) is 14.2. The number of rotatable bonds is 9. The lowest BCUT2D eigenvalue weighted by Gasteiger charge is -2.32. The molecule has 2 saturated carbocycles. The van der Waals surface area contributed by atoms with Gasteiger partial charge in [-0.2, -0.15) is 4.98 Å². The van der Waals surface area contributed by atoms with Gasteiger partial charge in [0.1, 0.15) is 17.5 Å². The predicted octanol–water partition coefficient (Wildman–Crippen LogP) is 5.92. The molecule has 2 amide bonds. The fourth-order valence-corrected chi connectivity index (χ4v) is 9.64. The van der Waals surface area contributed by atoms with Gasteiger partial charge in [-0.25, -0.2) is 8.42 Å². The van der Waals surface area contributed by atoms with Crippen molar-refractivity contribution < 1.29 is 46.5 Å².